The van der Waals surface area contributed by atoms with Gasteiger partial charge in [-0.05, 0) is 48.6 Å². The van der Waals surface area contributed by atoms with Crippen molar-refractivity contribution in [2.24, 2.45) is 0 Å². The summed E-state index contributed by atoms with van der Waals surface area (Å²) in [5.41, 5.74) is 5.16. The van der Waals surface area contributed by atoms with Crippen LogP contribution in [-0.2, 0) is 11.3 Å². The van der Waals surface area contributed by atoms with E-state index in [1.165, 1.54) is 11.1 Å². The largest absolute Gasteiger partial charge is 0.444 e. The molecular formula is C21H25NO3. The van der Waals surface area contributed by atoms with E-state index in [1.807, 2.05) is 39.0 Å². The Morgan fingerprint density at radius 2 is 1.80 bits per heavy atom. The van der Waals surface area contributed by atoms with Crippen molar-refractivity contribution in [2.75, 3.05) is 13.7 Å². The van der Waals surface area contributed by atoms with Crippen LogP contribution in [0.25, 0.3) is 11.1 Å². The van der Waals surface area contributed by atoms with Crippen LogP contribution in [-0.4, -0.2) is 35.4 Å². The number of aliphatic hydroxyl groups is 1. The van der Waals surface area contributed by atoms with E-state index in [-0.39, 0.29) is 18.6 Å². The first kappa shape index (κ1) is 17.5. The van der Waals surface area contributed by atoms with Gasteiger partial charge in [-0.1, -0.05) is 42.5 Å². The highest BCUT2D eigenvalue weighted by atomic mass is 16.6. The molecule has 1 atom stereocenters. The molecule has 4 heteroatoms. The van der Waals surface area contributed by atoms with Gasteiger partial charge in [0.15, 0.2) is 0 Å². The molecule has 0 radical (unpaired) electrons. The summed E-state index contributed by atoms with van der Waals surface area (Å²) < 4.78 is 5.40. The normalized spacial score (nSPS) is 15.5. The minimum absolute atomic E-state index is 0.00187. The van der Waals surface area contributed by atoms with E-state index >= 15 is 0 Å². The van der Waals surface area contributed by atoms with Crippen LogP contribution in [0.2, 0.25) is 0 Å². The third-order valence-electron chi connectivity index (χ3n) is 4.43. The Labute approximate surface area is 149 Å². The summed E-state index contributed by atoms with van der Waals surface area (Å²) >= 11 is 0. The van der Waals surface area contributed by atoms with Gasteiger partial charge in [-0.3, -0.25) is 0 Å². The molecule has 0 heterocycles. The number of benzene rings is 2. The van der Waals surface area contributed by atoms with Gasteiger partial charge in [-0.25, -0.2) is 4.79 Å². The zero-order valence-electron chi connectivity index (χ0n) is 15.2. The molecule has 4 nitrogen and oxygen atoms in total. The molecule has 132 valence electrons. The van der Waals surface area contributed by atoms with Gasteiger partial charge in [0.1, 0.15) is 5.60 Å². The molecule has 0 spiro atoms. The molecule has 3 rings (SSSR count). The molecule has 0 aromatic heterocycles. The van der Waals surface area contributed by atoms with Crippen molar-refractivity contribution in [3.8, 4) is 11.1 Å². The van der Waals surface area contributed by atoms with Crippen LogP contribution in [0.4, 0.5) is 4.79 Å². The highest BCUT2D eigenvalue weighted by Crippen LogP contribution is 2.44. The van der Waals surface area contributed by atoms with E-state index in [4.69, 9.17) is 4.74 Å². The minimum Gasteiger partial charge on any atom is -0.444 e. The first-order valence-electron chi connectivity index (χ1n) is 8.57. The molecule has 0 bridgehead atoms. The van der Waals surface area contributed by atoms with Crippen LogP contribution in [0, 0.1) is 0 Å². The fraction of sp³-hybridized carbons (Fsp3) is 0.381. The van der Waals surface area contributed by atoms with Gasteiger partial charge in [-0.2, -0.15) is 0 Å². The number of aliphatic hydroxyl groups excluding tert-OH is 1. The maximum Gasteiger partial charge on any atom is 0.410 e. The predicted octanol–water partition coefficient (Wildman–Crippen LogP) is 4.16. The third kappa shape index (κ3) is 3.54. The van der Waals surface area contributed by atoms with Crippen molar-refractivity contribution in [3.05, 3.63) is 59.2 Å². The maximum atomic E-state index is 12.2. The van der Waals surface area contributed by atoms with E-state index in [9.17, 15) is 9.90 Å². The topological polar surface area (TPSA) is 49.8 Å². The number of nitrogens with zero attached hydrogens (tertiary/aromatic N) is 1. The molecule has 1 amide bonds. The smallest absolute Gasteiger partial charge is 0.410 e. The molecule has 1 aliphatic carbocycles. The lowest BCUT2D eigenvalue weighted by Crippen LogP contribution is -2.33. The molecule has 1 N–H and O–H groups in total. The van der Waals surface area contributed by atoms with E-state index in [2.05, 4.69) is 24.3 Å². The molecular weight excluding hydrogens is 314 g/mol. The average molecular weight is 339 g/mol. The number of hydrogen-bond donors (Lipinski definition) is 1. The maximum absolute atomic E-state index is 12.2. The van der Waals surface area contributed by atoms with Gasteiger partial charge < -0.3 is 14.7 Å². The fourth-order valence-corrected chi connectivity index (χ4v) is 3.33. The Morgan fingerprint density at radius 1 is 1.12 bits per heavy atom. The standard InChI is InChI=1S/C21H25NO3/c1-21(2,3)25-20(24)22(4)12-14-9-10-17-15-7-5-6-8-16(15)19(13-23)18(17)11-14/h5-11,19,23H,12-13H2,1-4H3. The summed E-state index contributed by atoms with van der Waals surface area (Å²) in [6, 6.07) is 14.4. The molecule has 1 unspecified atom stereocenters. The van der Waals surface area contributed by atoms with Gasteiger partial charge in [0.25, 0.3) is 0 Å². The number of rotatable bonds is 3. The van der Waals surface area contributed by atoms with Gasteiger partial charge in [-0.15, -0.1) is 0 Å². The fourth-order valence-electron chi connectivity index (χ4n) is 3.33. The quantitative estimate of drug-likeness (QED) is 0.913. The van der Waals surface area contributed by atoms with Crippen LogP contribution < -0.4 is 0 Å². The predicted molar refractivity (Wildman–Crippen MR) is 98.5 cm³/mol. The molecule has 25 heavy (non-hydrogen) atoms. The highest BCUT2D eigenvalue weighted by molar-refractivity contribution is 5.79. The SMILES string of the molecule is CN(Cc1ccc2c(c1)C(CO)c1ccccc1-2)C(=O)OC(C)(C)C. The van der Waals surface area contributed by atoms with Crippen LogP contribution in [0.1, 0.15) is 43.4 Å². The molecule has 0 aliphatic heterocycles. The molecule has 0 saturated heterocycles. The summed E-state index contributed by atoms with van der Waals surface area (Å²) in [5, 5.41) is 9.86. The van der Waals surface area contributed by atoms with Gasteiger partial charge in [0, 0.05) is 19.5 Å². The van der Waals surface area contributed by atoms with E-state index < -0.39 is 5.60 Å². The van der Waals surface area contributed by atoms with Crippen molar-refractivity contribution in [3.63, 3.8) is 0 Å². The number of carbonyl (C=O) groups excluding carboxylic acids is 1. The molecule has 0 fully saturated rings. The third-order valence-corrected chi connectivity index (χ3v) is 4.43. The number of hydrogen-bond acceptors (Lipinski definition) is 3. The van der Waals surface area contributed by atoms with Gasteiger partial charge >= 0.3 is 6.09 Å². The van der Waals surface area contributed by atoms with Gasteiger partial charge in [0.2, 0.25) is 0 Å². The van der Waals surface area contributed by atoms with Crippen molar-refractivity contribution >= 4 is 6.09 Å². The number of carbonyl (C=O) groups is 1. The Bertz CT molecular complexity index is 792. The van der Waals surface area contributed by atoms with E-state index in [0.717, 1.165) is 16.7 Å². The van der Waals surface area contributed by atoms with Crippen LogP contribution in [0.5, 0.6) is 0 Å². The minimum atomic E-state index is -0.507. The Morgan fingerprint density at radius 3 is 2.48 bits per heavy atom. The van der Waals surface area contributed by atoms with Crippen molar-refractivity contribution in [1.82, 2.24) is 4.90 Å². The van der Waals surface area contributed by atoms with Crippen LogP contribution in [0.3, 0.4) is 0 Å². The Kier molecular flexibility index (Phi) is 4.56. The van der Waals surface area contributed by atoms with Crippen molar-refractivity contribution in [2.45, 2.75) is 38.8 Å². The lowest BCUT2D eigenvalue weighted by Gasteiger charge is -2.25. The van der Waals surface area contributed by atoms with Gasteiger partial charge in [0.05, 0.1) is 6.61 Å². The molecule has 2 aromatic rings. The summed E-state index contributed by atoms with van der Waals surface area (Å²) in [5.74, 6) is -0.00187. The highest BCUT2D eigenvalue weighted by Gasteiger charge is 2.28. The molecule has 0 saturated carbocycles. The zero-order valence-corrected chi connectivity index (χ0v) is 15.2. The molecule has 2 aromatic carbocycles. The summed E-state index contributed by atoms with van der Waals surface area (Å²) in [7, 11) is 1.74. The average Bonchev–Trinajstić information content (AvgIpc) is 2.86. The van der Waals surface area contributed by atoms with Crippen molar-refractivity contribution < 1.29 is 14.6 Å². The Balaban J connectivity index is 1.83. The summed E-state index contributed by atoms with van der Waals surface area (Å²) in [6.07, 6.45) is -0.338. The van der Waals surface area contributed by atoms with Crippen LogP contribution >= 0.6 is 0 Å². The van der Waals surface area contributed by atoms with Crippen LogP contribution in [0.15, 0.2) is 42.5 Å². The van der Waals surface area contributed by atoms with E-state index in [0.29, 0.717) is 6.54 Å². The first-order valence-corrected chi connectivity index (χ1v) is 8.57. The lowest BCUT2D eigenvalue weighted by atomic mass is 9.96. The second-order valence-corrected chi connectivity index (χ2v) is 7.58. The second-order valence-electron chi connectivity index (χ2n) is 7.58. The van der Waals surface area contributed by atoms with Crippen molar-refractivity contribution in [1.29, 1.82) is 0 Å². The molecule has 1 aliphatic rings. The number of ether oxygens (including phenoxy) is 1. The second kappa shape index (κ2) is 6.52. The summed E-state index contributed by atoms with van der Waals surface area (Å²) in [4.78, 5) is 13.7. The first-order chi connectivity index (χ1) is 11.8. The number of fused-ring (bicyclic) bond motifs is 3. The monoisotopic (exact) mass is 339 g/mol. The number of amides is 1. The Hall–Kier alpha value is -2.33. The zero-order chi connectivity index (χ0) is 18.2. The summed E-state index contributed by atoms with van der Waals surface area (Å²) in [6.45, 7) is 6.12. The lowest BCUT2D eigenvalue weighted by molar-refractivity contribution is 0.0285. The van der Waals surface area contributed by atoms with E-state index in [1.54, 1.807) is 11.9 Å².